The zero-order valence-corrected chi connectivity index (χ0v) is 12.3. The number of alkyl halides is 1. The monoisotopic (exact) mass is 354 g/mol. The van der Waals surface area contributed by atoms with Crippen LogP contribution >= 0.6 is 38.9 Å². The van der Waals surface area contributed by atoms with E-state index in [4.69, 9.17) is 11.6 Å². The Morgan fingerprint density at radius 3 is 2.17 bits per heavy atom. The van der Waals surface area contributed by atoms with Crippen molar-refractivity contribution in [2.45, 2.75) is 12.3 Å². The molecule has 1 aromatic heterocycles. The molecule has 0 saturated carbocycles. The van der Waals surface area contributed by atoms with Gasteiger partial charge in [0.1, 0.15) is 0 Å². The molecule has 96 valence electrons. The van der Waals surface area contributed by atoms with E-state index in [1.165, 1.54) is 11.3 Å². The van der Waals surface area contributed by atoms with Crippen molar-refractivity contribution in [2.75, 3.05) is 0 Å². The van der Waals surface area contributed by atoms with Gasteiger partial charge in [0.25, 0.3) is 0 Å². The van der Waals surface area contributed by atoms with Gasteiger partial charge in [-0.1, -0.05) is 0 Å². The van der Waals surface area contributed by atoms with Crippen LogP contribution in [0.2, 0.25) is 0 Å². The summed E-state index contributed by atoms with van der Waals surface area (Å²) in [6.45, 7) is 1.86. The molecule has 0 spiro atoms. The summed E-state index contributed by atoms with van der Waals surface area (Å²) in [5, 5.41) is -0.711. The third kappa shape index (κ3) is 2.58. The van der Waals surface area contributed by atoms with Gasteiger partial charge in [0.2, 0.25) is 0 Å². The van der Waals surface area contributed by atoms with Crippen molar-refractivity contribution in [1.29, 1.82) is 0 Å². The van der Waals surface area contributed by atoms with Crippen molar-refractivity contribution in [3.63, 3.8) is 0 Å². The number of halogens is 5. The van der Waals surface area contributed by atoms with Crippen molar-refractivity contribution < 1.29 is 13.2 Å². The SMILES string of the molecule is Cc1sc(Br)cc1C(Cl)c1cc(F)c(F)c(F)c1. The highest BCUT2D eigenvalue weighted by Gasteiger charge is 2.19. The van der Waals surface area contributed by atoms with E-state index in [1.54, 1.807) is 6.07 Å². The van der Waals surface area contributed by atoms with E-state index >= 15 is 0 Å². The van der Waals surface area contributed by atoms with Crippen LogP contribution in [-0.4, -0.2) is 0 Å². The average molecular weight is 356 g/mol. The summed E-state index contributed by atoms with van der Waals surface area (Å²) in [5.74, 6) is -3.95. The number of rotatable bonds is 2. The lowest BCUT2D eigenvalue weighted by Crippen LogP contribution is -1.99. The molecule has 0 N–H and O–H groups in total. The first-order valence-corrected chi connectivity index (χ1v) is 6.99. The zero-order valence-electron chi connectivity index (χ0n) is 9.11. The molecule has 2 rings (SSSR count). The number of benzene rings is 1. The molecule has 6 heteroatoms. The van der Waals surface area contributed by atoms with E-state index in [0.29, 0.717) is 0 Å². The lowest BCUT2D eigenvalue weighted by molar-refractivity contribution is 0.445. The van der Waals surface area contributed by atoms with Crippen LogP contribution in [0.1, 0.15) is 21.4 Å². The third-order valence-electron chi connectivity index (χ3n) is 2.50. The van der Waals surface area contributed by atoms with E-state index in [1.807, 2.05) is 6.92 Å². The quantitative estimate of drug-likeness (QED) is 0.488. The molecule has 0 amide bonds. The molecule has 0 fully saturated rings. The van der Waals surface area contributed by atoms with Crippen LogP contribution in [-0.2, 0) is 0 Å². The van der Waals surface area contributed by atoms with Crippen LogP contribution in [0.5, 0.6) is 0 Å². The topological polar surface area (TPSA) is 0 Å². The van der Waals surface area contributed by atoms with E-state index in [9.17, 15) is 13.2 Å². The van der Waals surface area contributed by atoms with E-state index in [2.05, 4.69) is 15.9 Å². The van der Waals surface area contributed by atoms with Gasteiger partial charge in [-0.15, -0.1) is 22.9 Å². The van der Waals surface area contributed by atoms with E-state index in [-0.39, 0.29) is 5.56 Å². The second-order valence-corrected chi connectivity index (χ2v) is 6.80. The largest absolute Gasteiger partial charge is 0.204 e. The molecule has 1 heterocycles. The molecule has 0 saturated heterocycles. The second kappa shape index (κ2) is 5.23. The molecule has 0 bridgehead atoms. The first-order valence-electron chi connectivity index (χ1n) is 4.94. The van der Waals surface area contributed by atoms with Crippen LogP contribution in [0.4, 0.5) is 13.2 Å². The minimum absolute atomic E-state index is 0.196. The van der Waals surface area contributed by atoms with Gasteiger partial charge in [-0.05, 0) is 52.2 Å². The molecule has 0 aliphatic heterocycles. The molecule has 0 aliphatic rings. The minimum atomic E-state index is -1.48. The molecular formula is C12H7BrClF3S. The summed E-state index contributed by atoms with van der Waals surface area (Å²) in [4.78, 5) is 0.937. The summed E-state index contributed by atoms with van der Waals surface area (Å²) in [6.07, 6.45) is 0. The Morgan fingerprint density at radius 2 is 1.72 bits per heavy atom. The van der Waals surface area contributed by atoms with Gasteiger partial charge >= 0.3 is 0 Å². The van der Waals surface area contributed by atoms with Crippen LogP contribution in [0.25, 0.3) is 0 Å². The maximum absolute atomic E-state index is 13.1. The van der Waals surface area contributed by atoms with Gasteiger partial charge in [0.05, 0.1) is 9.16 Å². The number of thiophene rings is 1. The summed E-state index contributed by atoms with van der Waals surface area (Å²) in [5.41, 5.74) is 0.945. The Bertz CT molecular complexity index is 574. The predicted octanol–water partition coefficient (Wildman–Crippen LogP) is 5.56. The van der Waals surface area contributed by atoms with Crippen molar-refractivity contribution >= 4 is 38.9 Å². The van der Waals surface area contributed by atoms with Crippen LogP contribution in [0.15, 0.2) is 22.0 Å². The summed E-state index contributed by atoms with van der Waals surface area (Å²) >= 11 is 11.0. The first-order chi connectivity index (χ1) is 8.40. The van der Waals surface area contributed by atoms with Gasteiger partial charge < -0.3 is 0 Å². The lowest BCUT2D eigenvalue weighted by atomic mass is 10.0. The van der Waals surface area contributed by atoms with Crippen molar-refractivity contribution in [3.8, 4) is 0 Å². The lowest BCUT2D eigenvalue weighted by Gasteiger charge is -2.10. The van der Waals surface area contributed by atoms with Gasteiger partial charge in [-0.2, -0.15) is 0 Å². The molecule has 1 aromatic carbocycles. The molecular weight excluding hydrogens is 349 g/mol. The third-order valence-corrected chi connectivity index (χ3v) is 4.55. The van der Waals surface area contributed by atoms with Gasteiger partial charge in [-0.25, -0.2) is 13.2 Å². The first kappa shape index (κ1) is 13.9. The maximum atomic E-state index is 13.1. The Balaban J connectivity index is 2.46. The fourth-order valence-corrected chi connectivity index (χ4v) is 3.78. The Hall–Kier alpha value is -0.520. The normalized spacial score (nSPS) is 12.8. The maximum Gasteiger partial charge on any atom is 0.194 e. The highest BCUT2D eigenvalue weighted by Crippen LogP contribution is 2.37. The number of aryl methyl sites for hydroxylation is 1. The van der Waals surface area contributed by atoms with Crippen molar-refractivity contribution in [1.82, 2.24) is 0 Å². The highest BCUT2D eigenvalue weighted by molar-refractivity contribution is 9.11. The van der Waals surface area contributed by atoms with Gasteiger partial charge in [0.15, 0.2) is 17.5 Å². The average Bonchev–Trinajstić information content (AvgIpc) is 2.63. The zero-order chi connectivity index (χ0) is 13.4. The van der Waals surface area contributed by atoms with Gasteiger partial charge in [-0.3, -0.25) is 0 Å². The number of hydrogen-bond acceptors (Lipinski definition) is 1. The summed E-state index contributed by atoms with van der Waals surface area (Å²) in [6, 6.07) is 3.62. The standard InChI is InChI=1S/C12H7BrClF3S/c1-5-7(4-10(13)18-5)11(14)6-2-8(15)12(17)9(16)3-6/h2-4,11H,1H3. The minimum Gasteiger partial charge on any atom is -0.204 e. The smallest absolute Gasteiger partial charge is 0.194 e. The van der Waals surface area contributed by atoms with Crippen molar-refractivity contribution in [2.24, 2.45) is 0 Å². The molecule has 0 aliphatic carbocycles. The van der Waals surface area contributed by atoms with Gasteiger partial charge in [0, 0.05) is 4.88 Å². The van der Waals surface area contributed by atoms with Crippen LogP contribution in [0, 0.1) is 24.4 Å². The molecule has 2 aromatic rings. The molecule has 18 heavy (non-hydrogen) atoms. The Kier molecular flexibility index (Phi) is 4.04. The number of hydrogen-bond donors (Lipinski definition) is 0. The van der Waals surface area contributed by atoms with Crippen LogP contribution in [0.3, 0.4) is 0 Å². The fraction of sp³-hybridized carbons (Fsp3) is 0.167. The Labute approximate surface area is 120 Å². The molecule has 1 atom stereocenters. The molecule has 0 nitrogen and oxygen atoms in total. The summed E-state index contributed by atoms with van der Waals surface area (Å²) in [7, 11) is 0. The van der Waals surface area contributed by atoms with Crippen LogP contribution < -0.4 is 0 Å². The highest BCUT2D eigenvalue weighted by atomic mass is 79.9. The summed E-state index contributed by atoms with van der Waals surface area (Å²) < 4.78 is 40.0. The van der Waals surface area contributed by atoms with Crippen molar-refractivity contribution in [3.05, 3.63) is 55.4 Å². The molecule has 0 radical (unpaired) electrons. The second-order valence-electron chi connectivity index (χ2n) is 3.72. The Morgan fingerprint density at radius 1 is 1.17 bits per heavy atom. The van der Waals surface area contributed by atoms with E-state index < -0.39 is 22.8 Å². The molecule has 1 unspecified atom stereocenters. The fourth-order valence-electron chi connectivity index (χ4n) is 1.61. The van der Waals surface area contributed by atoms with E-state index in [0.717, 1.165) is 26.4 Å². The predicted molar refractivity (Wildman–Crippen MR) is 70.8 cm³/mol.